The lowest BCUT2D eigenvalue weighted by atomic mass is 10.7. The number of carbonyl (C=O) groups is 1. The fourth-order valence-corrected chi connectivity index (χ4v) is 0.267. The predicted molar refractivity (Wildman–Crippen MR) is 29.7 cm³/mol. The largest absolute Gasteiger partial charge is 0.628 e. The fraction of sp³-hybridized carbons (Fsp3) is 0.250. The number of carbonyl (C=O) groups excluding carboxylic acids is 1. The topological polar surface area (TPSA) is 92.0 Å². The van der Waals surface area contributed by atoms with Gasteiger partial charge in [0, 0.05) is 6.08 Å². The number of primary amides is 1. The SMILES string of the molecule is CC=C([NH2+][O-])OC(N)=O. The molecule has 1 amide bonds. The zero-order valence-electron chi connectivity index (χ0n) is 4.96. The van der Waals surface area contributed by atoms with Gasteiger partial charge in [-0.1, -0.05) is 0 Å². The average Bonchev–Trinajstić information content (AvgIpc) is 1.82. The van der Waals surface area contributed by atoms with E-state index < -0.39 is 6.09 Å². The molecule has 0 aromatic carbocycles. The molecule has 0 heterocycles. The Morgan fingerprint density at radius 2 is 2.44 bits per heavy atom. The van der Waals surface area contributed by atoms with E-state index in [0.29, 0.717) is 5.48 Å². The molecule has 0 saturated carbocycles. The Morgan fingerprint density at radius 1 is 1.89 bits per heavy atom. The Hall–Kier alpha value is -1.07. The van der Waals surface area contributed by atoms with Crippen molar-refractivity contribution in [2.24, 2.45) is 5.73 Å². The van der Waals surface area contributed by atoms with Crippen molar-refractivity contribution >= 4 is 6.09 Å². The van der Waals surface area contributed by atoms with Crippen LogP contribution in [0.5, 0.6) is 0 Å². The number of hydrogen-bond donors (Lipinski definition) is 2. The lowest BCUT2D eigenvalue weighted by Gasteiger charge is -2.02. The van der Waals surface area contributed by atoms with Crippen LogP contribution in [0.15, 0.2) is 12.0 Å². The van der Waals surface area contributed by atoms with Gasteiger partial charge in [0.2, 0.25) is 0 Å². The first kappa shape index (κ1) is 7.93. The van der Waals surface area contributed by atoms with E-state index in [2.05, 4.69) is 10.5 Å². The van der Waals surface area contributed by atoms with Gasteiger partial charge in [-0.15, -0.1) is 0 Å². The number of rotatable bonds is 2. The lowest BCUT2D eigenvalue weighted by Crippen LogP contribution is -2.75. The van der Waals surface area contributed by atoms with Gasteiger partial charge in [0.05, 0.1) is 0 Å². The van der Waals surface area contributed by atoms with Crippen molar-refractivity contribution in [3.05, 3.63) is 17.2 Å². The van der Waals surface area contributed by atoms with Gasteiger partial charge in [0.25, 0.3) is 5.88 Å². The minimum absolute atomic E-state index is 0.0671. The van der Waals surface area contributed by atoms with Crippen molar-refractivity contribution in [2.45, 2.75) is 6.92 Å². The minimum Gasteiger partial charge on any atom is -0.628 e. The van der Waals surface area contributed by atoms with Crippen LogP contribution in [0.3, 0.4) is 0 Å². The van der Waals surface area contributed by atoms with Crippen LogP contribution < -0.4 is 11.2 Å². The van der Waals surface area contributed by atoms with E-state index in [1.54, 1.807) is 6.92 Å². The molecule has 0 rings (SSSR count). The molecule has 0 bridgehead atoms. The van der Waals surface area contributed by atoms with Gasteiger partial charge in [-0.05, 0) is 6.92 Å². The number of amides is 1. The molecule has 0 saturated heterocycles. The molecule has 0 aromatic heterocycles. The van der Waals surface area contributed by atoms with Gasteiger partial charge in [0.15, 0.2) is 0 Å². The zero-order valence-corrected chi connectivity index (χ0v) is 4.96. The van der Waals surface area contributed by atoms with E-state index >= 15 is 0 Å². The van der Waals surface area contributed by atoms with Crippen LogP contribution in [-0.4, -0.2) is 6.09 Å². The van der Waals surface area contributed by atoms with Crippen molar-refractivity contribution in [3.63, 3.8) is 0 Å². The second-order valence-corrected chi connectivity index (χ2v) is 1.23. The van der Waals surface area contributed by atoms with Crippen LogP contribution in [0.1, 0.15) is 6.92 Å². The summed E-state index contributed by atoms with van der Waals surface area (Å²) in [5.41, 5.74) is 4.99. The molecule has 5 nitrogen and oxygen atoms in total. The summed E-state index contributed by atoms with van der Waals surface area (Å²) < 4.78 is 4.18. The summed E-state index contributed by atoms with van der Waals surface area (Å²) in [4.78, 5) is 9.93. The maximum absolute atomic E-state index is 9.93. The number of allylic oxidation sites excluding steroid dienone is 1. The first-order valence-electron chi connectivity index (χ1n) is 2.29. The molecule has 0 atom stereocenters. The summed E-state index contributed by atoms with van der Waals surface area (Å²) in [6.07, 6.45) is 0.368. The quantitative estimate of drug-likeness (QED) is 0.373. The number of quaternary nitrogens is 1. The van der Waals surface area contributed by atoms with Crippen LogP contribution in [0, 0.1) is 5.21 Å². The van der Waals surface area contributed by atoms with Crippen LogP contribution in [0.2, 0.25) is 0 Å². The Kier molecular flexibility index (Phi) is 3.41. The summed E-state index contributed by atoms with van der Waals surface area (Å²) in [6.45, 7) is 1.56. The van der Waals surface area contributed by atoms with Crippen LogP contribution in [0.4, 0.5) is 4.79 Å². The number of nitrogens with two attached hydrogens (primary N) is 2. The van der Waals surface area contributed by atoms with Crippen LogP contribution in [0.25, 0.3) is 0 Å². The van der Waals surface area contributed by atoms with E-state index in [4.69, 9.17) is 0 Å². The minimum atomic E-state index is -0.977. The molecule has 0 radical (unpaired) electrons. The van der Waals surface area contributed by atoms with Crippen LogP contribution >= 0.6 is 0 Å². The van der Waals surface area contributed by atoms with Gasteiger partial charge >= 0.3 is 6.09 Å². The maximum Gasteiger partial charge on any atom is 0.413 e. The van der Waals surface area contributed by atoms with Crippen molar-refractivity contribution in [2.75, 3.05) is 0 Å². The number of hydroxylamine groups is 1. The normalized spacial score (nSPS) is 11.1. The number of hydrogen-bond acceptors (Lipinski definition) is 3. The van der Waals surface area contributed by atoms with Crippen LogP contribution in [-0.2, 0) is 4.74 Å². The zero-order chi connectivity index (χ0) is 7.28. The predicted octanol–water partition coefficient (Wildman–Crippen LogP) is -0.996. The molecular formula is C4H8N2O3. The van der Waals surface area contributed by atoms with Crippen molar-refractivity contribution in [1.29, 1.82) is 0 Å². The molecule has 0 unspecified atom stereocenters. The highest BCUT2D eigenvalue weighted by molar-refractivity contribution is 5.65. The lowest BCUT2D eigenvalue weighted by molar-refractivity contribution is -0.562. The molecule has 5 heteroatoms. The molecule has 9 heavy (non-hydrogen) atoms. The Balaban J connectivity index is 3.71. The maximum atomic E-state index is 9.93. The third kappa shape index (κ3) is 3.51. The summed E-state index contributed by atoms with van der Waals surface area (Å²) in [7, 11) is 0. The highest BCUT2D eigenvalue weighted by Crippen LogP contribution is 1.82. The molecule has 0 aromatic rings. The Labute approximate surface area is 52.1 Å². The third-order valence-electron chi connectivity index (χ3n) is 0.619. The fourth-order valence-electron chi connectivity index (χ4n) is 0.267. The molecule has 52 valence electrons. The molecule has 0 fully saturated rings. The monoisotopic (exact) mass is 132 g/mol. The number of ether oxygens (including phenoxy) is 1. The highest BCUT2D eigenvalue weighted by Gasteiger charge is 1.98. The molecule has 0 aliphatic carbocycles. The summed E-state index contributed by atoms with van der Waals surface area (Å²) in [5.74, 6) is -0.0671. The molecular weight excluding hydrogens is 124 g/mol. The van der Waals surface area contributed by atoms with E-state index in [-0.39, 0.29) is 5.88 Å². The van der Waals surface area contributed by atoms with Crippen molar-refractivity contribution in [3.8, 4) is 0 Å². The van der Waals surface area contributed by atoms with Gasteiger partial charge < -0.3 is 21.2 Å². The first-order valence-corrected chi connectivity index (χ1v) is 2.29. The van der Waals surface area contributed by atoms with Crippen molar-refractivity contribution < 1.29 is 15.0 Å². The van der Waals surface area contributed by atoms with E-state index in [0.717, 1.165) is 0 Å². The van der Waals surface area contributed by atoms with E-state index in [1.165, 1.54) is 6.08 Å². The standard InChI is InChI=1S/C4H8N2O3/c1-2-3(6-8)9-4(5)7/h2H,6H2,1H3,(H2,5,7). The summed E-state index contributed by atoms with van der Waals surface area (Å²) in [6, 6.07) is 0. The van der Waals surface area contributed by atoms with E-state index in [9.17, 15) is 10.0 Å². The van der Waals surface area contributed by atoms with Gasteiger partial charge in [-0.2, -0.15) is 0 Å². The van der Waals surface area contributed by atoms with E-state index in [1.807, 2.05) is 0 Å². The van der Waals surface area contributed by atoms with Gasteiger partial charge in [0.1, 0.15) is 0 Å². The van der Waals surface area contributed by atoms with Gasteiger partial charge in [-0.25, -0.2) is 4.79 Å². The molecule has 0 aliphatic heterocycles. The van der Waals surface area contributed by atoms with Gasteiger partial charge in [-0.3, -0.25) is 0 Å². The highest BCUT2D eigenvalue weighted by atomic mass is 16.6. The Morgan fingerprint density at radius 3 is 2.56 bits per heavy atom. The first-order chi connectivity index (χ1) is 4.20. The summed E-state index contributed by atoms with van der Waals surface area (Å²) >= 11 is 0. The van der Waals surface area contributed by atoms with Crippen molar-refractivity contribution in [1.82, 2.24) is 0 Å². The average molecular weight is 132 g/mol. The second kappa shape index (κ2) is 3.88. The second-order valence-electron chi connectivity index (χ2n) is 1.23. The molecule has 0 spiro atoms. The molecule has 0 aliphatic rings. The Bertz CT molecular complexity index is 132. The smallest absolute Gasteiger partial charge is 0.413 e. The molecule has 4 N–H and O–H groups in total. The summed E-state index contributed by atoms with van der Waals surface area (Å²) in [5, 5.41) is 9.87. The third-order valence-corrected chi connectivity index (χ3v) is 0.619.